The van der Waals surface area contributed by atoms with E-state index < -0.39 is 5.82 Å². The van der Waals surface area contributed by atoms with Gasteiger partial charge in [0, 0.05) is 11.6 Å². The van der Waals surface area contributed by atoms with E-state index in [2.05, 4.69) is 5.32 Å². The number of anilines is 1. The summed E-state index contributed by atoms with van der Waals surface area (Å²) >= 11 is 5.69. The normalized spacial score (nSPS) is 10.8. The summed E-state index contributed by atoms with van der Waals surface area (Å²) < 4.78 is 13.2. The number of nitrogens with one attached hydrogen (secondary N) is 1. The molecular formula is C11H14ClFN2O. The van der Waals surface area contributed by atoms with E-state index in [1.807, 2.05) is 13.8 Å². The fraction of sp³-hybridized carbons (Fsp3) is 0.364. The zero-order valence-electron chi connectivity index (χ0n) is 9.18. The van der Waals surface area contributed by atoms with E-state index in [-0.39, 0.29) is 34.6 Å². The zero-order chi connectivity index (χ0) is 12.3. The van der Waals surface area contributed by atoms with Gasteiger partial charge in [0.15, 0.2) is 5.78 Å². The molecule has 0 aliphatic carbocycles. The third kappa shape index (κ3) is 3.18. The molecule has 3 nitrogen and oxygen atoms in total. The van der Waals surface area contributed by atoms with Crippen LogP contribution in [0, 0.1) is 5.82 Å². The molecule has 88 valence electrons. The molecule has 0 aliphatic rings. The van der Waals surface area contributed by atoms with Crippen LogP contribution < -0.4 is 11.1 Å². The SMILES string of the molecule is CC(C)NCC(=O)c1cc(F)c(N)c(Cl)c1. The van der Waals surface area contributed by atoms with E-state index in [4.69, 9.17) is 17.3 Å². The van der Waals surface area contributed by atoms with Gasteiger partial charge in [0.2, 0.25) is 0 Å². The Hall–Kier alpha value is -1.13. The number of rotatable bonds is 4. The van der Waals surface area contributed by atoms with Gasteiger partial charge in [0.05, 0.1) is 17.3 Å². The van der Waals surface area contributed by atoms with E-state index in [0.29, 0.717) is 0 Å². The summed E-state index contributed by atoms with van der Waals surface area (Å²) in [6.45, 7) is 3.99. The number of carbonyl (C=O) groups is 1. The summed E-state index contributed by atoms with van der Waals surface area (Å²) in [4.78, 5) is 11.6. The van der Waals surface area contributed by atoms with Crippen molar-refractivity contribution in [3.63, 3.8) is 0 Å². The number of benzene rings is 1. The average molecular weight is 245 g/mol. The summed E-state index contributed by atoms with van der Waals surface area (Å²) in [6, 6.07) is 2.67. The Kier molecular flexibility index (Phi) is 4.26. The predicted molar refractivity (Wildman–Crippen MR) is 63.3 cm³/mol. The first-order valence-corrected chi connectivity index (χ1v) is 5.30. The number of nitrogen functional groups attached to an aromatic ring is 1. The molecule has 0 saturated carbocycles. The Bertz CT molecular complexity index is 384. The van der Waals surface area contributed by atoms with E-state index in [1.54, 1.807) is 0 Å². The maximum Gasteiger partial charge on any atom is 0.176 e. The van der Waals surface area contributed by atoms with Gasteiger partial charge in [-0.25, -0.2) is 4.39 Å². The second-order valence-electron chi connectivity index (χ2n) is 3.81. The van der Waals surface area contributed by atoms with Crippen LogP contribution in [0.15, 0.2) is 12.1 Å². The lowest BCUT2D eigenvalue weighted by Crippen LogP contribution is -2.29. The fourth-order valence-corrected chi connectivity index (χ4v) is 1.35. The first kappa shape index (κ1) is 12.9. The molecule has 0 aliphatic heterocycles. The maximum absolute atomic E-state index is 13.2. The minimum atomic E-state index is -0.666. The van der Waals surface area contributed by atoms with Crippen molar-refractivity contribution in [1.82, 2.24) is 5.32 Å². The van der Waals surface area contributed by atoms with Crippen molar-refractivity contribution in [2.24, 2.45) is 0 Å². The molecule has 0 bridgehead atoms. The topological polar surface area (TPSA) is 55.1 Å². The van der Waals surface area contributed by atoms with Crippen LogP contribution in [0.4, 0.5) is 10.1 Å². The van der Waals surface area contributed by atoms with Crippen molar-refractivity contribution in [3.05, 3.63) is 28.5 Å². The lowest BCUT2D eigenvalue weighted by molar-refractivity contribution is 0.0988. The van der Waals surface area contributed by atoms with Crippen molar-refractivity contribution in [1.29, 1.82) is 0 Å². The molecule has 0 heterocycles. The molecule has 16 heavy (non-hydrogen) atoms. The first-order valence-electron chi connectivity index (χ1n) is 4.93. The second-order valence-corrected chi connectivity index (χ2v) is 4.22. The number of nitrogens with two attached hydrogens (primary N) is 1. The Balaban J connectivity index is 2.84. The minimum Gasteiger partial charge on any atom is -0.395 e. The van der Waals surface area contributed by atoms with E-state index in [1.165, 1.54) is 6.07 Å². The van der Waals surface area contributed by atoms with Crippen molar-refractivity contribution >= 4 is 23.1 Å². The largest absolute Gasteiger partial charge is 0.395 e. The summed E-state index contributed by atoms with van der Waals surface area (Å²) in [6.07, 6.45) is 0. The Morgan fingerprint density at radius 2 is 2.19 bits per heavy atom. The van der Waals surface area contributed by atoms with Gasteiger partial charge in [0.25, 0.3) is 0 Å². The average Bonchev–Trinajstić information content (AvgIpc) is 2.21. The van der Waals surface area contributed by atoms with Gasteiger partial charge >= 0.3 is 0 Å². The van der Waals surface area contributed by atoms with Crippen LogP contribution in [0.2, 0.25) is 5.02 Å². The lowest BCUT2D eigenvalue weighted by Gasteiger charge is -2.08. The number of hydrogen-bond donors (Lipinski definition) is 2. The molecule has 1 aromatic rings. The molecule has 0 fully saturated rings. The quantitative estimate of drug-likeness (QED) is 0.631. The van der Waals surface area contributed by atoms with E-state index in [0.717, 1.165) is 6.07 Å². The van der Waals surface area contributed by atoms with E-state index in [9.17, 15) is 9.18 Å². The third-order valence-electron chi connectivity index (χ3n) is 2.07. The van der Waals surface area contributed by atoms with Crippen LogP contribution in [0.1, 0.15) is 24.2 Å². The molecule has 3 N–H and O–H groups in total. The maximum atomic E-state index is 13.2. The monoisotopic (exact) mass is 244 g/mol. The first-order chi connectivity index (χ1) is 7.41. The van der Waals surface area contributed by atoms with Crippen molar-refractivity contribution in [2.75, 3.05) is 12.3 Å². The second kappa shape index (κ2) is 5.27. The predicted octanol–water partition coefficient (Wildman–Crippen LogP) is 2.24. The highest BCUT2D eigenvalue weighted by Gasteiger charge is 2.12. The number of halogens is 2. The highest BCUT2D eigenvalue weighted by Crippen LogP contribution is 2.23. The van der Waals surface area contributed by atoms with Gasteiger partial charge in [-0.2, -0.15) is 0 Å². The summed E-state index contributed by atoms with van der Waals surface area (Å²) in [5.41, 5.74) is 5.44. The van der Waals surface area contributed by atoms with Crippen LogP contribution in [0.5, 0.6) is 0 Å². The van der Waals surface area contributed by atoms with Crippen LogP contribution >= 0.6 is 11.6 Å². The number of carbonyl (C=O) groups excluding carboxylic acids is 1. The number of hydrogen-bond acceptors (Lipinski definition) is 3. The molecule has 1 rings (SSSR count). The fourth-order valence-electron chi connectivity index (χ4n) is 1.14. The molecular weight excluding hydrogens is 231 g/mol. The molecule has 0 spiro atoms. The van der Waals surface area contributed by atoms with Gasteiger partial charge in [-0.1, -0.05) is 25.4 Å². The smallest absolute Gasteiger partial charge is 0.176 e. The number of ketones is 1. The van der Waals surface area contributed by atoms with Gasteiger partial charge < -0.3 is 11.1 Å². The van der Waals surface area contributed by atoms with Crippen molar-refractivity contribution in [3.8, 4) is 0 Å². The molecule has 0 aromatic heterocycles. The van der Waals surface area contributed by atoms with Crippen molar-refractivity contribution < 1.29 is 9.18 Å². The molecule has 0 saturated heterocycles. The highest BCUT2D eigenvalue weighted by molar-refractivity contribution is 6.33. The summed E-state index contributed by atoms with van der Waals surface area (Å²) in [5.74, 6) is -0.880. The Morgan fingerprint density at radius 3 is 2.69 bits per heavy atom. The third-order valence-corrected chi connectivity index (χ3v) is 2.38. The summed E-state index contributed by atoms with van der Waals surface area (Å²) in [5, 5.41) is 3.01. The molecule has 0 amide bonds. The summed E-state index contributed by atoms with van der Waals surface area (Å²) in [7, 11) is 0. The van der Waals surface area contributed by atoms with Gasteiger partial charge in [-0.05, 0) is 12.1 Å². The van der Waals surface area contributed by atoms with Gasteiger partial charge in [-0.3, -0.25) is 4.79 Å². The Labute approximate surface area is 98.8 Å². The van der Waals surface area contributed by atoms with Gasteiger partial charge in [-0.15, -0.1) is 0 Å². The highest BCUT2D eigenvalue weighted by atomic mass is 35.5. The van der Waals surface area contributed by atoms with Gasteiger partial charge in [0.1, 0.15) is 5.82 Å². The number of Topliss-reactive ketones (excluding diaryl/α,β-unsaturated/α-hetero) is 1. The molecule has 1 aromatic carbocycles. The molecule has 0 unspecified atom stereocenters. The lowest BCUT2D eigenvalue weighted by atomic mass is 10.1. The zero-order valence-corrected chi connectivity index (χ0v) is 9.94. The molecule has 0 atom stereocenters. The molecule has 5 heteroatoms. The molecule has 0 radical (unpaired) electrons. The Morgan fingerprint density at radius 1 is 1.56 bits per heavy atom. The van der Waals surface area contributed by atoms with Crippen LogP contribution in [0.3, 0.4) is 0 Å². The van der Waals surface area contributed by atoms with E-state index >= 15 is 0 Å². The minimum absolute atomic E-state index is 0.0629. The van der Waals surface area contributed by atoms with Crippen LogP contribution in [-0.4, -0.2) is 18.4 Å². The standard InChI is InChI=1S/C11H14ClFN2O/c1-6(2)15-5-10(16)7-3-8(12)11(14)9(13)4-7/h3-4,6,15H,5,14H2,1-2H3. The van der Waals surface area contributed by atoms with Crippen molar-refractivity contribution in [2.45, 2.75) is 19.9 Å². The van der Waals surface area contributed by atoms with Crippen LogP contribution in [0.25, 0.3) is 0 Å². The van der Waals surface area contributed by atoms with Crippen LogP contribution in [-0.2, 0) is 0 Å².